The topological polar surface area (TPSA) is 37.3 Å². The molecule has 0 aliphatic carbocycles. The number of aryl methyl sites for hydroxylation is 1. The molecule has 0 heterocycles. The minimum Gasteiger partial charge on any atom is -0.478 e. The van der Waals surface area contributed by atoms with Gasteiger partial charge < -0.3 is 5.11 Å². The normalized spacial score (nSPS) is 9.79. The van der Waals surface area contributed by atoms with Crippen molar-refractivity contribution in [2.75, 3.05) is 0 Å². The van der Waals surface area contributed by atoms with Crippen LogP contribution in [-0.4, -0.2) is 11.1 Å². The van der Waals surface area contributed by atoms with Crippen LogP contribution in [0.2, 0.25) is 5.02 Å². The second kappa shape index (κ2) is 4.82. The van der Waals surface area contributed by atoms with Crippen molar-refractivity contribution in [2.24, 2.45) is 0 Å². The first-order valence-corrected chi connectivity index (χ1v) is 4.65. The van der Waals surface area contributed by atoms with E-state index in [1.54, 1.807) is 12.1 Å². The third-order valence-corrected chi connectivity index (χ3v) is 2.21. The summed E-state index contributed by atoms with van der Waals surface area (Å²) in [5.74, 6) is -0.995. The summed E-state index contributed by atoms with van der Waals surface area (Å²) >= 11 is 5.80. The maximum absolute atomic E-state index is 10.6. The Kier molecular flexibility index (Phi) is 3.72. The lowest BCUT2D eigenvalue weighted by molar-refractivity contribution is 0.0697. The van der Waals surface area contributed by atoms with Crippen LogP contribution in [-0.2, 0) is 6.42 Å². The number of carboxylic acid groups (broad SMARTS) is 1. The van der Waals surface area contributed by atoms with Gasteiger partial charge in [0.15, 0.2) is 0 Å². The van der Waals surface area contributed by atoms with E-state index in [0.29, 0.717) is 5.02 Å². The molecule has 0 aromatic heterocycles. The number of halogens is 1. The molecule has 0 saturated heterocycles. The zero-order valence-corrected chi connectivity index (χ0v) is 8.42. The molecule has 3 heteroatoms. The Morgan fingerprint density at radius 3 is 2.79 bits per heavy atom. The summed E-state index contributed by atoms with van der Waals surface area (Å²) < 4.78 is 0. The van der Waals surface area contributed by atoms with Gasteiger partial charge in [0.25, 0.3) is 0 Å². The minimum atomic E-state index is -0.995. The van der Waals surface area contributed by atoms with Crippen molar-refractivity contribution in [3.63, 3.8) is 0 Å². The van der Waals surface area contributed by atoms with Gasteiger partial charge in [0, 0.05) is 0 Å². The average molecular weight is 211 g/mol. The van der Waals surface area contributed by atoms with Crippen LogP contribution in [0, 0.1) is 0 Å². The molecular formula is C11H11ClO2. The van der Waals surface area contributed by atoms with Crippen molar-refractivity contribution in [3.05, 3.63) is 47.0 Å². The van der Waals surface area contributed by atoms with E-state index in [-0.39, 0.29) is 5.56 Å². The summed E-state index contributed by atoms with van der Waals surface area (Å²) in [6.45, 7) is 3.62. The van der Waals surface area contributed by atoms with E-state index in [9.17, 15) is 4.79 Å². The number of carboxylic acids is 1. The number of hydrogen-bond donors (Lipinski definition) is 1. The fraction of sp³-hybridized carbons (Fsp3) is 0.182. The van der Waals surface area contributed by atoms with Gasteiger partial charge in [-0.15, -0.1) is 6.58 Å². The number of hydrogen-bond acceptors (Lipinski definition) is 1. The van der Waals surface area contributed by atoms with Crippen LogP contribution in [0.15, 0.2) is 30.9 Å². The van der Waals surface area contributed by atoms with Crippen LogP contribution in [0.3, 0.4) is 0 Å². The fourth-order valence-corrected chi connectivity index (χ4v) is 1.44. The van der Waals surface area contributed by atoms with Crippen LogP contribution in [0.5, 0.6) is 0 Å². The lowest BCUT2D eigenvalue weighted by Crippen LogP contribution is -1.97. The first-order chi connectivity index (χ1) is 6.65. The highest BCUT2D eigenvalue weighted by Gasteiger charge is 2.08. The summed E-state index contributed by atoms with van der Waals surface area (Å²) in [4.78, 5) is 10.6. The molecule has 0 spiro atoms. The van der Waals surface area contributed by atoms with Gasteiger partial charge in [0.1, 0.15) is 0 Å². The summed E-state index contributed by atoms with van der Waals surface area (Å²) in [5.41, 5.74) is 1.17. The molecule has 1 aromatic rings. The van der Waals surface area contributed by atoms with Crippen molar-refractivity contribution < 1.29 is 9.90 Å². The van der Waals surface area contributed by atoms with Gasteiger partial charge in [-0.3, -0.25) is 0 Å². The lowest BCUT2D eigenvalue weighted by Gasteiger charge is -2.02. The first-order valence-electron chi connectivity index (χ1n) is 4.27. The molecule has 74 valence electrons. The van der Waals surface area contributed by atoms with Crippen LogP contribution in [0.25, 0.3) is 0 Å². The molecule has 0 bridgehead atoms. The van der Waals surface area contributed by atoms with Crippen LogP contribution < -0.4 is 0 Å². The molecule has 1 rings (SSSR count). The molecule has 0 unspecified atom stereocenters. The SMILES string of the molecule is C=CCCc1ccc(C(=O)O)c(Cl)c1. The van der Waals surface area contributed by atoms with E-state index in [4.69, 9.17) is 16.7 Å². The number of rotatable bonds is 4. The van der Waals surface area contributed by atoms with Crippen molar-refractivity contribution in [2.45, 2.75) is 12.8 Å². The summed E-state index contributed by atoms with van der Waals surface area (Å²) in [6.07, 6.45) is 3.52. The molecule has 0 amide bonds. The van der Waals surface area contributed by atoms with Crippen LogP contribution >= 0.6 is 11.6 Å². The third-order valence-electron chi connectivity index (χ3n) is 1.90. The molecule has 2 nitrogen and oxygen atoms in total. The van der Waals surface area contributed by atoms with Crippen molar-refractivity contribution in [3.8, 4) is 0 Å². The maximum Gasteiger partial charge on any atom is 0.337 e. The Hall–Kier alpha value is -1.28. The van der Waals surface area contributed by atoms with Crippen LogP contribution in [0.4, 0.5) is 0 Å². The van der Waals surface area contributed by atoms with Crippen LogP contribution in [0.1, 0.15) is 22.3 Å². The molecule has 0 atom stereocenters. The number of carbonyl (C=O) groups is 1. The number of aromatic carboxylic acids is 1. The first kappa shape index (κ1) is 10.8. The Labute approximate surface area is 87.8 Å². The Bertz CT molecular complexity index is 358. The van der Waals surface area contributed by atoms with Crippen molar-refractivity contribution in [1.82, 2.24) is 0 Å². The van der Waals surface area contributed by atoms with E-state index in [2.05, 4.69) is 6.58 Å². The molecular weight excluding hydrogens is 200 g/mol. The molecule has 1 aromatic carbocycles. The van der Waals surface area contributed by atoms with Crippen molar-refractivity contribution in [1.29, 1.82) is 0 Å². The van der Waals surface area contributed by atoms with Gasteiger partial charge in [0.05, 0.1) is 10.6 Å². The largest absolute Gasteiger partial charge is 0.478 e. The molecule has 0 radical (unpaired) electrons. The fourth-order valence-electron chi connectivity index (χ4n) is 1.16. The monoisotopic (exact) mass is 210 g/mol. The quantitative estimate of drug-likeness (QED) is 0.776. The van der Waals surface area contributed by atoms with E-state index in [1.807, 2.05) is 6.08 Å². The molecule has 0 aliphatic heterocycles. The summed E-state index contributed by atoms with van der Waals surface area (Å²) in [5, 5.41) is 9.02. The molecule has 1 N–H and O–H groups in total. The van der Waals surface area contributed by atoms with Crippen molar-refractivity contribution >= 4 is 17.6 Å². The maximum atomic E-state index is 10.6. The van der Waals surface area contributed by atoms with E-state index in [0.717, 1.165) is 18.4 Å². The highest BCUT2D eigenvalue weighted by molar-refractivity contribution is 6.33. The second-order valence-electron chi connectivity index (χ2n) is 2.95. The highest BCUT2D eigenvalue weighted by Crippen LogP contribution is 2.18. The summed E-state index contributed by atoms with van der Waals surface area (Å²) in [6, 6.07) is 5.00. The van der Waals surface area contributed by atoms with E-state index in [1.165, 1.54) is 6.07 Å². The number of benzene rings is 1. The standard InChI is InChI=1S/C11H11ClO2/c1-2-3-4-8-5-6-9(11(13)14)10(12)7-8/h2,5-7H,1,3-4H2,(H,13,14). The zero-order chi connectivity index (χ0) is 10.6. The average Bonchev–Trinajstić information content (AvgIpc) is 2.14. The predicted octanol–water partition coefficient (Wildman–Crippen LogP) is 3.16. The second-order valence-corrected chi connectivity index (χ2v) is 3.35. The van der Waals surface area contributed by atoms with Gasteiger partial charge in [-0.2, -0.15) is 0 Å². The molecule has 0 fully saturated rings. The van der Waals surface area contributed by atoms with Gasteiger partial charge in [0.2, 0.25) is 0 Å². The Morgan fingerprint density at radius 2 is 2.29 bits per heavy atom. The van der Waals surface area contributed by atoms with Gasteiger partial charge in [-0.1, -0.05) is 23.7 Å². The minimum absolute atomic E-state index is 0.147. The lowest BCUT2D eigenvalue weighted by atomic mass is 10.1. The van der Waals surface area contributed by atoms with Gasteiger partial charge in [-0.25, -0.2) is 4.79 Å². The highest BCUT2D eigenvalue weighted by atomic mass is 35.5. The Balaban J connectivity index is 2.88. The smallest absolute Gasteiger partial charge is 0.337 e. The predicted molar refractivity (Wildman–Crippen MR) is 56.9 cm³/mol. The third kappa shape index (κ3) is 2.60. The molecule has 0 aliphatic rings. The molecule has 0 saturated carbocycles. The number of allylic oxidation sites excluding steroid dienone is 1. The zero-order valence-electron chi connectivity index (χ0n) is 7.66. The molecule has 14 heavy (non-hydrogen) atoms. The van der Waals surface area contributed by atoms with E-state index < -0.39 is 5.97 Å². The van der Waals surface area contributed by atoms with Gasteiger partial charge >= 0.3 is 5.97 Å². The van der Waals surface area contributed by atoms with Gasteiger partial charge in [-0.05, 0) is 30.5 Å². The Morgan fingerprint density at radius 1 is 1.57 bits per heavy atom. The van der Waals surface area contributed by atoms with E-state index >= 15 is 0 Å². The summed E-state index contributed by atoms with van der Waals surface area (Å²) in [7, 11) is 0.